The maximum absolute atomic E-state index is 14.3. The number of hydrogen-bond acceptors (Lipinski definition) is 10. The molecule has 19 heteroatoms. The molecule has 6 atom stereocenters. The number of methoxy groups -OCH3 is 1. The van der Waals surface area contributed by atoms with Crippen molar-refractivity contribution in [1.82, 2.24) is 25.2 Å². The highest BCUT2D eigenvalue weighted by atomic mass is 35.5. The van der Waals surface area contributed by atoms with E-state index < -0.39 is 81.0 Å². The van der Waals surface area contributed by atoms with Crippen LogP contribution in [0.15, 0.2) is 24.4 Å². The Balaban J connectivity index is 1.16. The minimum Gasteiger partial charge on any atom is -0.494 e. The molecule has 0 spiro atoms. The number of likely N-dealkylation sites (tertiary alicyclic amines) is 1. The van der Waals surface area contributed by atoms with Gasteiger partial charge in [-0.25, -0.2) is 18.2 Å². The summed E-state index contributed by atoms with van der Waals surface area (Å²) in [5.74, 6) is -2.37. The zero-order valence-electron chi connectivity index (χ0n) is 28.8. The number of fused-ring (bicyclic) bond motifs is 1. The van der Waals surface area contributed by atoms with Crippen LogP contribution in [0.25, 0.3) is 10.8 Å². The number of rotatable bonds is 13. The van der Waals surface area contributed by atoms with Gasteiger partial charge >= 0.3 is 12.3 Å². The zero-order valence-corrected chi connectivity index (χ0v) is 30.4. The number of halogens is 4. The molecule has 1 aromatic heterocycles. The van der Waals surface area contributed by atoms with E-state index in [1.807, 2.05) is 0 Å². The van der Waals surface area contributed by atoms with Crippen LogP contribution < -0.4 is 24.8 Å². The summed E-state index contributed by atoms with van der Waals surface area (Å²) in [5.41, 5.74) is -1.51. The highest BCUT2D eigenvalue weighted by Gasteiger charge is 2.67. The molecule has 1 aromatic carbocycles. The summed E-state index contributed by atoms with van der Waals surface area (Å²) in [6.07, 6.45) is -4.56. The predicted molar refractivity (Wildman–Crippen MR) is 181 cm³/mol. The number of amides is 4. The van der Waals surface area contributed by atoms with Gasteiger partial charge in [0.25, 0.3) is 5.91 Å². The van der Waals surface area contributed by atoms with Crippen LogP contribution in [0.4, 0.5) is 18.0 Å². The Morgan fingerprint density at radius 2 is 1.79 bits per heavy atom. The van der Waals surface area contributed by atoms with Crippen LogP contribution in [0.5, 0.6) is 11.6 Å². The van der Waals surface area contributed by atoms with E-state index in [1.165, 1.54) is 18.2 Å². The van der Waals surface area contributed by atoms with E-state index in [1.54, 1.807) is 18.2 Å². The van der Waals surface area contributed by atoms with Crippen LogP contribution in [0, 0.1) is 17.8 Å². The molecule has 14 nitrogen and oxygen atoms in total. The Kier molecular flexibility index (Phi) is 9.60. The van der Waals surface area contributed by atoms with Gasteiger partial charge in [-0.1, -0.05) is 11.6 Å². The average Bonchev–Trinajstić information content (AvgIpc) is 3.90. The van der Waals surface area contributed by atoms with Crippen molar-refractivity contribution in [2.24, 2.45) is 17.8 Å². The third kappa shape index (κ3) is 7.79. The Morgan fingerprint density at radius 1 is 1.08 bits per heavy atom. The second-order valence-electron chi connectivity index (χ2n) is 14.6. The molecular formula is C34H39ClF3N5O9S. The normalized spacial score (nSPS) is 26.7. The van der Waals surface area contributed by atoms with Crippen molar-refractivity contribution >= 4 is 56.2 Å². The summed E-state index contributed by atoms with van der Waals surface area (Å²) in [4.78, 5) is 60.3. The summed E-state index contributed by atoms with van der Waals surface area (Å²) in [7, 11) is -2.46. The minimum atomic E-state index is -4.83. The molecule has 5 fully saturated rings. The monoisotopic (exact) mass is 785 g/mol. The van der Waals surface area contributed by atoms with Gasteiger partial charge in [0, 0.05) is 22.2 Å². The molecule has 2 aromatic rings. The van der Waals surface area contributed by atoms with Gasteiger partial charge in [0.05, 0.1) is 25.1 Å². The van der Waals surface area contributed by atoms with Crippen molar-refractivity contribution in [3.05, 3.63) is 29.4 Å². The van der Waals surface area contributed by atoms with Crippen LogP contribution in [-0.4, -0.2) is 97.0 Å². The standard InChI is InChI=1S/C34H39ClF3N5O9S/c1-16(34(36,37)38)51-32(47)40-27(18-5-6-18)30(45)43-15-20(52-29-23-11-19(35)7-10-22(23)26(50-2)14-39-29)12-25(43)28(44)41-33(13-24(33)17-3-4-17)31(46)42-53(48,49)21-8-9-21/h7,10-11,14,16-18,20-21,24-25,27H,3-6,8-9,12-13,15H2,1-2H3,(H,40,47)(H,41,44)(H,42,46)/t16-,20-,24+,25+,27+,33-/m1/s1. The van der Waals surface area contributed by atoms with Crippen molar-refractivity contribution in [2.45, 2.75) is 99.5 Å². The molecule has 1 saturated heterocycles. The zero-order chi connectivity index (χ0) is 38.0. The smallest absolute Gasteiger partial charge is 0.425 e. The maximum Gasteiger partial charge on any atom is 0.425 e. The lowest BCUT2D eigenvalue weighted by atomic mass is 10.1. The van der Waals surface area contributed by atoms with Crippen molar-refractivity contribution in [3.63, 3.8) is 0 Å². The molecule has 288 valence electrons. The van der Waals surface area contributed by atoms with Gasteiger partial charge in [0.1, 0.15) is 29.5 Å². The lowest BCUT2D eigenvalue weighted by Gasteiger charge is -2.30. The first kappa shape index (κ1) is 37.3. The Hall–Kier alpha value is -4.06. The second-order valence-corrected chi connectivity index (χ2v) is 17.0. The first-order valence-electron chi connectivity index (χ1n) is 17.5. The number of carbonyl (C=O) groups excluding carboxylic acids is 4. The second kappa shape index (κ2) is 13.7. The lowest BCUT2D eigenvalue weighted by molar-refractivity contribution is -0.197. The van der Waals surface area contributed by atoms with Crippen LogP contribution in [-0.2, 0) is 29.1 Å². The van der Waals surface area contributed by atoms with Gasteiger partial charge in [0.2, 0.25) is 27.7 Å². The van der Waals surface area contributed by atoms with Crippen LogP contribution in [0.1, 0.15) is 58.3 Å². The molecular weight excluding hydrogens is 747 g/mol. The highest BCUT2D eigenvalue weighted by Crippen LogP contribution is 2.57. The van der Waals surface area contributed by atoms with E-state index in [9.17, 15) is 40.8 Å². The van der Waals surface area contributed by atoms with Gasteiger partial charge in [-0.2, -0.15) is 13.2 Å². The fourth-order valence-electron chi connectivity index (χ4n) is 7.13. The number of alkyl carbamates (subject to hydrolysis) is 1. The molecule has 53 heavy (non-hydrogen) atoms. The SMILES string of the molecule is COc1cnc(O[C@@H]2C[C@@H](C(=O)N[C@]3(C(=O)NS(=O)(=O)C4CC4)C[C@H]3C3CC3)N(C(=O)[C@@H](NC(=O)O[C@H](C)C(F)(F)F)C3CC3)C2)c2cc(Cl)ccc12. The number of alkyl halides is 3. The number of sulfonamides is 1. The fraction of sp³-hybridized carbons (Fsp3) is 0.618. The average molecular weight is 786 g/mol. The largest absolute Gasteiger partial charge is 0.494 e. The number of pyridine rings is 1. The quantitative estimate of drug-likeness (QED) is 0.272. The molecule has 0 radical (unpaired) electrons. The van der Waals surface area contributed by atoms with E-state index >= 15 is 0 Å². The molecule has 1 aliphatic heterocycles. The Morgan fingerprint density at radius 3 is 2.42 bits per heavy atom. The number of benzene rings is 1. The first-order valence-corrected chi connectivity index (χ1v) is 19.4. The minimum absolute atomic E-state index is 0.105. The van der Waals surface area contributed by atoms with E-state index in [0.29, 0.717) is 54.2 Å². The highest BCUT2D eigenvalue weighted by molar-refractivity contribution is 7.91. The molecule has 7 rings (SSSR count). The predicted octanol–water partition coefficient (Wildman–Crippen LogP) is 3.59. The number of ether oxygens (including phenoxy) is 3. The number of hydrogen-bond donors (Lipinski definition) is 3. The summed E-state index contributed by atoms with van der Waals surface area (Å²) in [6, 6.07) is 2.40. The van der Waals surface area contributed by atoms with Gasteiger partial charge < -0.3 is 29.7 Å². The summed E-state index contributed by atoms with van der Waals surface area (Å²) in [6.45, 7) is 0.460. The molecule has 3 N–H and O–H groups in total. The number of nitrogens with zero attached hydrogens (tertiary/aromatic N) is 2. The molecule has 0 unspecified atom stereocenters. The van der Waals surface area contributed by atoms with Crippen LogP contribution in [0.3, 0.4) is 0 Å². The third-order valence-corrected chi connectivity index (χ3v) is 12.7. The molecule has 2 heterocycles. The van der Waals surface area contributed by atoms with Gasteiger partial charge in [-0.15, -0.1) is 0 Å². The van der Waals surface area contributed by atoms with Crippen molar-refractivity contribution in [1.29, 1.82) is 0 Å². The van der Waals surface area contributed by atoms with E-state index in [4.69, 9.17) is 21.1 Å². The molecule has 4 aliphatic carbocycles. The van der Waals surface area contributed by atoms with Crippen molar-refractivity contribution < 1.29 is 55.0 Å². The Bertz CT molecular complexity index is 1940. The maximum atomic E-state index is 14.3. The molecule has 4 amide bonds. The van der Waals surface area contributed by atoms with Crippen LogP contribution in [0.2, 0.25) is 5.02 Å². The van der Waals surface area contributed by atoms with Gasteiger partial charge in [0.15, 0.2) is 6.10 Å². The van der Waals surface area contributed by atoms with Crippen molar-refractivity contribution in [3.8, 4) is 11.6 Å². The van der Waals surface area contributed by atoms with Gasteiger partial charge in [-0.05, 0) is 87.8 Å². The number of aromatic nitrogens is 1. The third-order valence-electron chi connectivity index (χ3n) is 10.7. The Labute approximate surface area is 307 Å². The summed E-state index contributed by atoms with van der Waals surface area (Å²) >= 11 is 6.29. The molecule has 4 saturated carbocycles. The number of carbonyl (C=O) groups is 4. The lowest BCUT2D eigenvalue weighted by Crippen LogP contribution is -2.59. The fourth-order valence-corrected chi connectivity index (χ4v) is 8.67. The molecule has 5 aliphatic rings. The van der Waals surface area contributed by atoms with E-state index in [0.717, 1.165) is 12.8 Å². The van der Waals surface area contributed by atoms with Crippen molar-refractivity contribution in [2.75, 3.05) is 13.7 Å². The number of nitrogens with one attached hydrogen (secondary N) is 3. The van der Waals surface area contributed by atoms with E-state index in [-0.39, 0.29) is 37.1 Å². The molecule has 0 bridgehead atoms. The van der Waals surface area contributed by atoms with Gasteiger partial charge in [-0.3, -0.25) is 19.1 Å². The summed E-state index contributed by atoms with van der Waals surface area (Å²) < 4.78 is 83.3. The summed E-state index contributed by atoms with van der Waals surface area (Å²) in [5, 5.41) is 5.90. The van der Waals surface area contributed by atoms with Crippen LogP contribution >= 0.6 is 11.6 Å². The first-order chi connectivity index (χ1) is 25.0. The topological polar surface area (TPSA) is 182 Å². The van der Waals surface area contributed by atoms with E-state index in [2.05, 4.69) is 25.1 Å².